The maximum atomic E-state index is 13.2. The molecule has 1 aliphatic carbocycles. The Balaban J connectivity index is 2.11. The number of hydrogen-bond acceptors (Lipinski definition) is 3. The van der Waals surface area contributed by atoms with Gasteiger partial charge in [0.05, 0.1) is 15.2 Å². The zero-order valence-corrected chi connectivity index (χ0v) is 12.2. The zero-order valence-electron chi connectivity index (χ0n) is 9.83. The molecule has 2 aromatic rings. The largest absolute Gasteiger partial charge is 0.383 e. The molecular weight excluding hydrogens is 333 g/mol. The highest BCUT2D eigenvalue weighted by molar-refractivity contribution is 9.10. The molecule has 0 saturated heterocycles. The van der Waals surface area contributed by atoms with E-state index in [4.69, 9.17) is 17.3 Å². The van der Waals surface area contributed by atoms with Crippen LogP contribution in [0.5, 0.6) is 0 Å². The van der Waals surface area contributed by atoms with Gasteiger partial charge < -0.3 is 5.73 Å². The summed E-state index contributed by atoms with van der Waals surface area (Å²) in [4.78, 5) is 8.74. The van der Waals surface area contributed by atoms with Gasteiger partial charge in [-0.25, -0.2) is 14.4 Å². The number of aromatic nitrogens is 2. The highest BCUT2D eigenvalue weighted by Crippen LogP contribution is 2.44. The van der Waals surface area contributed by atoms with Gasteiger partial charge in [0, 0.05) is 11.5 Å². The highest BCUT2D eigenvalue weighted by Gasteiger charge is 2.29. The molecule has 3 nitrogen and oxygen atoms in total. The first kappa shape index (κ1) is 12.8. The van der Waals surface area contributed by atoms with E-state index in [9.17, 15) is 4.39 Å². The highest BCUT2D eigenvalue weighted by atomic mass is 79.9. The minimum atomic E-state index is -0.460. The van der Waals surface area contributed by atoms with Gasteiger partial charge in [-0.15, -0.1) is 0 Å². The monoisotopic (exact) mass is 341 g/mol. The average Bonchev–Trinajstić information content (AvgIpc) is 3.20. The van der Waals surface area contributed by atoms with E-state index in [0.29, 0.717) is 23.1 Å². The molecule has 0 aliphatic heterocycles. The number of halogens is 3. The van der Waals surface area contributed by atoms with Crippen LogP contribution in [0.25, 0.3) is 11.4 Å². The molecule has 1 fully saturated rings. The summed E-state index contributed by atoms with van der Waals surface area (Å²) >= 11 is 9.20. The SMILES string of the molecule is Nc1nc(-c2ccc(F)c(Cl)c2)nc(C2CC2)c1Br. The summed E-state index contributed by atoms with van der Waals surface area (Å²) in [6.07, 6.45) is 2.22. The van der Waals surface area contributed by atoms with Crippen LogP contribution in [-0.2, 0) is 0 Å². The zero-order chi connectivity index (χ0) is 13.6. The molecule has 0 amide bonds. The van der Waals surface area contributed by atoms with E-state index in [2.05, 4.69) is 25.9 Å². The van der Waals surface area contributed by atoms with Gasteiger partial charge in [0.2, 0.25) is 0 Å². The molecule has 6 heteroatoms. The fraction of sp³-hybridized carbons (Fsp3) is 0.231. The van der Waals surface area contributed by atoms with E-state index < -0.39 is 5.82 Å². The number of benzene rings is 1. The van der Waals surface area contributed by atoms with Crippen LogP contribution in [0.3, 0.4) is 0 Å². The Bertz CT molecular complexity index is 659. The molecule has 0 radical (unpaired) electrons. The van der Waals surface area contributed by atoms with Crippen LogP contribution in [0.4, 0.5) is 10.2 Å². The van der Waals surface area contributed by atoms with Crippen molar-refractivity contribution in [3.8, 4) is 11.4 Å². The summed E-state index contributed by atoms with van der Waals surface area (Å²) in [5.74, 6) is 0.851. The van der Waals surface area contributed by atoms with Gasteiger partial charge in [-0.1, -0.05) is 11.6 Å². The molecule has 1 heterocycles. The third-order valence-electron chi connectivity index (χ3n) is 3.04. The Morgan fingerprint density at radius 1 is 1.32 bits per heavy atom. The van der Waals surface area contributed by atoms with E-state index in [-0.39, 0.29) is 5.02 Å². The second kappa shape index (κ2) is 4.72. The molecular formula is C13H10BrClFN3. The van der Waals surface area contributed by atoms with Crippen LogP contribution in [0.15, 0.2) is 22.7 Å². The van der Waals surface area contributed by atoms with Gasteiger partial charge in [0.1, 0.15) is 11.6 Å². The summed E-state index contributed by atoms with van der Waals surface area (Å²) in [5.41, 5.74) is 7.47. The van der Waals surface area contributed by atoms with Crippen molar-refractivity contribution in [1.29, 1.82) is 0 Å². The molecule has 2 N–H and O–H groups in total. The maximum Gasteiger partial charge on any atom is 0.161 e. The van der Waals surface area contributed by atoms with Gasteiger partial charge in [0.25, 0.3) is 0 Å². The molecule has 1 aromatic heterocycles. The van der Waals surface area contributed by atoms with Crippen LogP contribution >= 0.6 is 27.5 Å². The van der Waals surface area contributed by atoms with E-state index >= 15 is 0 Å². The smallest absolute Gasteiger partial charge is 0.161 e. The first-order valence-electron chi connectivity index (χ1n) is 5.84. The number of nitrogens with two attached hydrogens (primary N) is 1. The molecule has 3 rings (SSSR count). The third kappa shape index (κ3) is 2.44. The lowest BCUT2D eigenvalue weighted by atomic mass is 10.2. The van der Waals surface area contributed by atoms with E-state index in [1.165, 1.54) is 12.1 Å². The van der Waals surface area contributed by atoms with E-state index in [1.54, 1.807) is 6.07 Å². The molecule has 0 spiro atoms. The number of nitrogen functional groups attached to an aromatic ring is 1. The predicted octanol–water partition coefficient (Wildman–Crippen LogP) is 4.16. The van der Waals surface area contributed by atoms with Crippen LogP contribution in [0, 0.1) is 5.82 Å². The lowest BCUT2D eigenvalue weighted by Gasteiger charge is -2.08. The topological polar surface area (TPSA) is 51.8 Å². The average molecular weight is 343 g/mol. The second-order valence-corrected chi connectivity index (χ2v) is 5.74. The van der Waals surface area contributed by atoms with Crippen molar-refractivity contribution in [2.45, 2.75) is 18.8 Å². The molecule has 19 heavy (non-hydrogen) atoms. The number of anilines is 1. The van der Waals surface area contributed by atoms with Crippen LogP contribution in [-0.4, -0.2) is 9.97 Å². The van der Waals surface area contributed by atoms with Crippen molar-refractivity contribution in [3.63, 3.8) is 0 Å². The normalized spacial score (nSPS) is 14.7. The summed E-state index contributed by atoms with van der Waals surface area (Å²) in [6.45, 7) is 0. The van der Waals surface area contributed by atoms with E-state index in [0.717, 1.165) is 23.0 Å². The van der Waals surface area contributed by atoms with Gasteiger partial charge in [-0.05, 0) is 47.0 Å². The van der Waals surface area contributed by atoms with E-state index in [1.807, 2.05) is 0 Å². The van der Waals surface area contributed by atoms with Crippen molar-refractivity contribution < 1.29 is 4.39 Å². The van der Waals surface area contributed by atoms with Crippen molar-refractivity contribution in [2.24, 2.45) is 0 Å². The first-order chi connectivity index (χ1) is 9.06. The van der Waals surface area contributed by atoms with Crippen molar-refractivity contribution in [3.05, 3.63) is 39.2 Å². The summed E-state index contributed by atoms with van der Waals surface area (Å²) in [5, 5.41) is 0.0514. The van der Waals surface area contributed by atoms with Crippen LogP contribution in [0.1, 0.15) is 24.5 Å². The minimum Gasteiger partial charge on any atom is -0.383 e. The molecule has 98 valence electrons. The molecule has 1 aliphatic rings. The predicted molar refractivity (Wildman–Crippen MR) is 76.5 cm³/mol. The van der Waals surface area contributed by atoms with Gasteiger partial charge >= 0.3 is 0 Å². The fourth-order valence-electron chi connectivity index (χ4n) is 1.87. The lowest BCUT2D eigenvalue weighted by molar-refractivity contribution is 0.628. The van der Waals surface area contributed by atoms with Gasteiger partial charge in [-0.3, -0.25) is 0 Å². The maximum absolute atomic E-state index is 13.2. The van der Waals surface area contributed by atoms with Gasteiger partial charge in [0.15, 0.2) is 5.82 Å². The Morgan fingerprint density at radius 2 is 2.05 bits per heavy atom. The molecule has 0 unspecified atom stereocenters. The Labute approximate surface area is 123 Å². The van der Waals surface area contributed by atoms with Crippen molar-refractivity contribution in [2.75, 3.05) is 5.73 Å². The van der Waals surface area contributed by atoms with Gasteiger partial charge in [-0.2, -0.15) is 0 Å². The number of hydrogen-bond donors (Lipinski definition) is 1. The number of rotatable bonds is 2. The Morgan fingerprint density at radius 3 is 2.68 bits per heavy atom. The van der Waals surface area contributed by atoms with Crippen LogP contribution in [0.2, 0.25) is 5.02 Å². The van der Waals surface area contributed by atoms with Crippen LogP contribution < -0.4 is 5.73 Å². The third-order valence-corrected chi connectivity index (χ3v) is 4.15. The van der Waals surface area contributed by atoms with Crippen molar-refractivity contribution >= 4 is 33.3 Å². The summed E-state index contributed by atoms with van der Waals surface area (Å²) in [7, 11) is 0. The fourth-order valence-corrected chi connectivity index (χ4v) is 2.56. The second-order valence-electron chi connectivity index (χ2n) is 4.53. The van der Waals surface area contributed by atoms with Crippen molar-refractivity contribution in [1.82, 2.24) is 9.97 Å². The Hall–Kier alpha value is -1.20. The molecule has 0 atom stereocenters. The first-order valence-corrected chi connectivity index (χ1v) is 7.01. The molecule has 1 saturated carbocycles. The quantitative estimate of drug-likeness (QED) is 0.891. The summed E-state index contributed by atoms with van der Waals surface area (Å²) in [6, 6.07) is 4.41. The lowest BCUT2D eigenvalue weighted by Crippen LogP contribution is -2.02. The Kier molecular flexibility index (Phi) is 3.19. The number of nitrogens with zero attached hydrogens (tertiary/aromatic N) is 2. The standard InChI is InChI=1S/C13H10BrClFN3/c14-10-11(6-1-2-6)18-13(19-12(10)17)7-3-4-9(16)8(15)5-7/h3-6H,1-2H2,(H2,17,18,19). The minimum absolute atomic E-state index is 0.0514. The molecule has 0 bridgehead atoms. The molecule has 1 aromatic carbocycles. The summed E-state index contributed by atoms with van der Waals surface area (Å²) < 4.78 is 13.9.